The van der Waals surface area contributed by atoms with E-state index in [9.17, 15) is 0 Å². The Balaban J connectivity index is 1.32. The molecule has 42 heavy (non-hydrogen) atoms. The number of aromatic amines is 1. The molecule has 1 N–H and O–H groups in total. The lowest BCUT2D eigenvalue weighted by Crippen LogP contribution is -2.06. The number of tetrazole rings is 1. The summed E-state index contributed by atoms with van der Waals surface area (Å²) in [6.45, 7) is 5.13. The number of imidazole rings is 1. The highest BCUT2D eigenvalue weighted by Gasteiger charge is 2.20. The van der Waals surface area contributed by atoms with Crippen molar-refractivity contribution in [2.24, 2.45) is 0 Å². The molecule has 0 spiro atoms. The van der Waals surface area contributed by atoms with Gasteiger partial charge in [-0.3, -0.25) is 0 Å². The van der Waals surface area contributed by atoms with E-state index in [1.807, 2.05) is 18.2 Å². The normalized spacial score (nSPS) is 13.7. The van der Waals surface area contributed by atoms with Crippen LogP contribution < -0.4 is 0 Å². The van der Waals surface area contributed by atoms with Gasteiger partial charge in [0.1, 0.15) is 5.82 Å². The third kappa shape index (κ3) is 4.92. The molecule has 0 saturated heterocycles. The van der Waals surface area contributed by atoms with E-state index < -0.39 is 0 Å². The van der Waals surface area contributed by atoms with Gasteiger partial charge in [-0.15, -0.1) is 5.10 Å². The summed E-state index contributed by atoms with van der Waals surface area (Å²) in [7, 11) is 0. The number of aryl methyl sites for hydroxylation is 4. The van der Waals surface area contributed by atoms with Gasteiger partial charge >= 0.3 is 0 Å². The zero-order valence-electron chi connectivity index (χ0n) is 23.7. The van der Waals surface area contributed by atoms with E-state index in [1.54, 1.807) is 0 Å². The summed E-state index contributed by atoms with van der Waals surface area (Å²) in [5.41, 5.74) is 13.2. The first-order chi connectivity index (χ1) is 20.6. The minimum absolute atomic E-state index is 0.650. The van der Waals surface area contributed by atoms with Crippen LogP contribution in [0.25, 0.3) is 33.8 Å². The number of nitrogens with one attached hydrogen (secondary N) is 1. The van der Waals surface area contributed by atoms with Gasteiger partial charge in [0.2, 0.25) is 0 Å². The van der Waals surface area contributed by atoms with Crippen molar-refractivity contribution >= 4 is 34.3 Å². The molecule has 6 nitrogen and oxygen atoms in total. The molecule has 0 aliphatic heterocycles. The number of nitrogens with zero attached hydrogens (tertiary/aromatic N) is 5. The Labute approximate surface area is 250 Å². The minimum atomic E-state index is 0.650. The molecule has 0 bridgehead atoms. The molecular weight excluding hydrogens is 540 g/mol. The topological polar surface area (TPSA) is 72.3 Å². The van der Waals surface area contributed by atoms with E-state index in [2.05, 4.69) is 106 Å². The maximum Gasteiger partial charge on any atom is 0.172 e. The van der Waals surface area contributed by atoms with Crippen LogP contribution in [0.15, 0.2) is 78.9 Å². The summed E-state index contributed by atoms with van der Waals surface area (Å²) in [6, 6.07) is 28.1. The van der Waals surface area contributed by atoms with Crippen molar-refractivity contribution in [2.45, 2.75) is 46.1 Å². The number of benzene rings is 4. The van der Waals surface area contributed by atoms with Gasteiger partial charge in [-0.25, -0.2) is 10.1 Å². The number of halogens is 1. The van der Waals surface area contributed by atoms with Crippen LogP contribution in [0, 0.1) is 6.92 Å². The molecule has 6 aromatic rings. The van der Waals surface area contributed by atoms with Gasteiger partial charge in [-0.2, -0.15) is 0 Å². The molecule has 4 aromatic carbocycles. The van der Waals surface area contributed by atoms with Crippen LogP contribution in [0.3, 0.4) is 0 Å². The third-order valence-electron chi connectivity index (χ3n) is 8.17. The van der Waals surface area contributed by atoms with Gasteiger partial charge in [0.15, 0.2) is 5.82 Å². The lowest BCUT2D eigenvalue weighted by atomic mass is 9.92. The minimum Gasteiger partial charge on any atom is -0.323 e. The van der Waals surface area contributed by atoms with Gasteiger partial charge in [0, 0.05) is 18.0 Å². The molecule has 0 unspecified atom stereocenters. The molecular formula is C35H31ClN6. The van der Waals surface area contributed by atoms with Crippen LogP contribution in [-0.2, 0) is 25.8 Å². The van der Waals surface area contributed by atoms with Gasteiger partial charge in [-0.1, -0.05) is 73.1 Å². The Kier molecular flexibility index (Phi) is 6.92. The molecule has 1 aliphatic carbocycles. The van der Waals surface area contributed by atoms with Crippen LogP contribution in [0.5, 0.6) is 0 Å². The third-order valence-corrected chi connectivity index (χ3v) is 8.40. The first kappa shape index (κ1) is 26.4. The maximum absolute atomic E-state index is 6.35. The average molecular weight is 571 g/mol. The predicted molar refractivity (Wildman–Crippen MR) is 169 cm³/mol. The van der Waals surface area contributed by atoms with Crippen LogP contribution in [0.4, 0.5) is 0 Å². The second-order valence-corrected chi connectivity index (χ2v) is 11.5. The number of rotatable bonds is 6. The van der Waals surface area contributed by atoms with Crippen molar-refractivity contribution in [1.82, 2.24) is 30.2 Å². The molecule has 0 saturated carbocycles. The highest BCUT2D eigenvalue weighted by Crippen LogP contribution is 2.36. The molecule has 0 amide bonds. The summed E-state index contributed by atoms with van der Waals surface area (Å²) >= 11 is 6.35. The Morgan fingerprint density at radius 1 is 0.905 bits per heavy atom. The lowest BCUT2D eigenvalue weighted by Gasteiger charge is -2.15. The number of hydrogen-bond acceptors (Lipinski definition) is 4. The molecule has 1 aliphatic rings. The molecule has 0 radical (unpaired) electrons. The zero-order valence-corrected chi connectivity index (χ0v) is 24.5. The fourth-order valence-corrected chi connectivity index (χ4v) is 6.39. The number of hydrogen-bond donors (Lipinski definition) is 1. The first-order valence-electron chi connectivity index (χ1n) is 14.5. The SMILES string of the molecule is CCCc1nc2c(C)cc(-c3cccc(Cl)c3)cc2n1Cc1ccc2c(c1)CCc1ccccc1/C2=C\c1nnn[nH]1. The van der Waals surface area contributed by atoms with Crippen molar-refractivity contribution in [3.63, 3.8) is 0 Å². The second kappa shape index (κ2) is 11.0. The smallest absolute Gasteiger partial charge is 0.172 e. The first-order valence-corrected chi connectivity index (χ1v) is 14.9. The Hall–Kier alpha value is -4.55. The zero-order chi connectivity index (χ0) is 28.6. The maximum atomic E-state index is 6.35. The summed E-state index contributed by atoms with van der Waals surface area (Å²) in [5, 5.41) is 15.3. The molecule has 7 heteroatoms. The predicted octanol–water partition coefficient (Wildman–Crippen LogP) is 7.87. The Bertz CT molecular complexity index is 1950. The van der Waals surface area contributed by atoms with E-state index in [1.165, 1.54) is 33.4 Å². The fraction of sp³-hybridized carbons (Fsp3) is 0.200. The highest BCUT2D eigenvalue weighted by molar-refractivity contribution is 6.30. The largest absolute Gasteiger partial charge is 0.323 e. The molecule has 0 atom stereocenters. The van der Waals surface area contributed by atoms with E-state index in [0.29, 0.717) is 5.82 Å². The summed E-state index contributed by atoms with van der Waals surface area (Å²) < 4.78 is 2.41. The molecule has 0 fully saturated rings. The van der Waals surface area contributed by atoms with Crippen molar-refractivity contribution in [2.75, 3.05) is 0 Å². The standard InChI is InChI=1S/C35H31ClN6/c1-3-7-34-37-35-22(2)16-27(25-9-6-10-28(36)18-25)19-32(35)42(34)21-23-12-15-30-26(17-23)14-13-24-8-4-5-11-29(24)31(30)20-33-38-40-41-39-33/h4-6,8-12,15-20H,3,7,13-14,21H2,1-2H3,(H,38,39,40,41)/b31-20+. The Morgan fingerprint density at radius 3 is 2.60 bits per heavy atom. The summed E-state index contributed by atoms with van der Waals surface area (Å²) in [4.78, 5) is 5.14. The van der Waals surface area contributed by atoms with Crippen LogP contribution in [0.2, 0.25) is 5.02 Å². The van der Waals surface area contributed by atoms with Gasteiger partial charge in [0.05, 0.1) is 11.0 Å². The highest BCUT2D eigenvalue weighted by atomic mass is 35.5. The average Bonchev–Trinajstić information content (AvgIpc) is 3.60. The van der Waals surface area contributed by atoms with Crippen molar-refractivity contribution in [3.05, 3.63) is 129 Å². The van der Waals surface area contributed by atoms with Crippen molar-refractivity contribution < 1.29 is 0 Å². The molecule has 2 aromatic heterocycles. The van der Waals surface area contributed by atoms with Crippen LogP contribution in [-0.4, -0.2) is 30.2 Å². The van der Waals surface area contributed by atoms with Gasteiger partial charge in [-0.05, 0) is 117 Å². The molecule has 208 valence electrons. The summed E-state index contributed by atoms with van der Waals surface area (Å²) in [6.07, 6.45) is 5.98. The second-order valence-electron chi connectivity index (χ2n) is 11.0. The molecule has 7 rings (SSSR count). The lowest BCUT2D eigenvalue weighted by molar-refractivity contribution is 0.721. The van der Waals surface area contributed by atoms with Gasteiger partial charge < -0.3 is 4.57 Å². The monoisotopic (exact) mass is 570 g/mol. The fourth-order valence-electron chi connectivity index (χ4n) is 6.20. The van der Waals surface area contributed by atoms with E-state index >= 15 is 0 Å². The number of aromatic nitrogens is 6. The van der Waals surface area contributed by atoms with Crippen molar-refractivity contribution in [1.29, 1.82) is 0 Å². The van der Waals surface area contributed by atoms with E-state index in [0.717, 1.165) is 70.8 Å². The Morgan fingerprint density at radius 2 is 1.76 bits per heavy atom. The van der Waals surface area contributed by atoms with Crippen LogP contribution in [0.1, 0.15) is 58.4 Å². The molecule has 2 heterocycles. The number of H-pyrrole nitrogens is 1. The quantitative estimate of drug-likeness (QED) is 0.221. The van der Waals surface area contributed by atoms with Crippen molar-refractivity contribution in [3.8, 4) is 11.1 Å². The summed E-state index contributed by atoms with van der Waals surface area (Å²) in [5.74, 6) is 1.77. The van der Waals surface area contributed by atoms with Gasteiger partial charge in [0.25, 0.3) is 0 Å². The van der Waals surface area contributed by atoms with E-state index in [4.69, 9.17) is 16.6 Å². The van der Waals surface area contributed by atoms with E-state index in [-0.39, 0.29) is 0 Å². The number of fused-ring (bicyclic) bond motifs is 3. The van der Waals surface area contributed by atoms with Crippen LogP contribution >= 0.6 is 11.6 Å².